The zero-order valence-corrected chi connectivity index (χ0v) is 21.2. The van der Waals surface area contributed by atoms with Crippen LogP contribution in [0.3, 0.4) is 0 Å². The summed E-state index contributed by atoms with van der Waals surface area (Å²) in [5.74, 6) is 1.50. The van der Waals surface area contributed by atoms with Crippen molar-refractivity contribution in [1.29, 1.82) is 0 Å². The highest BCUT2D eigenvalue weighted by molar-refractivity contribution is 5.95. The molecule has 1 saturated heterocycles. The predicted molar refractivity (Wildman–Crippen MR) is 138 cm³/mol. The van der Waals surface area contributed by atoms with Gasteiger partial charge in [-0.3, -0.25) is 4.79 Å². The lowest BCUT2D eigenvalue weighted by Gasteiger charge is -2.33. The van der Waals surface area contributed by atoms with Crippen LogP contribution in [-0.4, -0.2) is 52.5 Å². The highest BCUT2D eigenvalue weighted by Gasteiger charge is 2.23. The van der Waals surface area contributed by atoms with E-state index in [1.165, 1.54) is 5.56 Å². The van der Waals surface area contributed by atoms with Crippen LogP contribution in [0.25, 0.3) is 0 Å². The standard InChI is InChI=1S/C27H36N6O/c1-19-7-8-21(27(2,3)4)17-23(19)29-24-15-20(26(34)31(5)6)16-25(30-24)32-12-9-22(10-13-32)33-14-11-28-18-33/h7-8,11,14-18,22H,9-10,12-13H2,1-6H3,(H,29,30). The van der Waals surface area contributed by atoms with Crippen LogP contribution in [0.15, 0.2) is 49.1 Å². The number of nitrogens with one attached hydrogen (secondary N) is 1. The quantitative estimate of drug-likeness (QED) is 0.569. The number of amides is 1. The topological polar surface area (TPSA) is 66.3 Å². The SMILES string of the molecule is Cc1ccc(C(C)(C)C)cc1Nc1cc(C(=O)N(C)C)cc(N2CCC(n3ccnc3)CC2)n1. The van der Waals surface area contributed by atoms with Crippen molar-refractivity contribution in [2.24, 2.45) is 0 Å². The molecule has 0 unspecified atom stereocenters. The fourth-order valence-corrected chi connectivity index (χ4v) is 4.36. The molecule has 0 bridgehead atoms. The minimum atomic E-state index is -0.0276. The van der Waals surface area contributed by atoms with Crippen molar-refractivity contribution in [3.05, 3.63) is 65.7 Å². The lowest BCUT2D eigenvalue weighted by Crippen LogP contribution is -2.35. The van der Waals surface area contributed by atoms with Crippen LogP contribution in [0.5, 0.6) is 0 Å². The van der Waals surface area contributed by atoms with Gasteiger partial charge in [-0.25, -0.2) is 9.97 Å². The maximum atomic E-state index is 12.9. The van der Waals surface area contributed by atoms with Gasteiger partial charge in [0.05, 0.1) is 6.33 Å². The second-order valence-electron chi connectivity index (χ2n) is 10.4. The molecule has 4 rings (SSSR count). The first-order valence-corrected chi connectivity index (χ1v) is 12.0. The smallest absolute Gasteiger partial charge is 0.253 e. The van der Waals surface area contributed by atoms with Crippen molar-refractivity contribution < 1.29 is 4.79 Å². The van der Waals surface area contributed by atoms with Crippen molar-refractivity contribution in [2.45, 2.75) is 52.0 Å². The van der Waals surface area contributed by atoms with Gasteiger partial charge in [-0.2, -0.15) is 0 Å². The average Bonchev–Trinajstić information content (AvgIpc) is 3.34. The summed E-state index contributed by atoms with van der Waals surface area (Å²) in [5.41, 5.74) is 4.09. The molecule has 1 aliphatic heterocycles. The van der Waals surface area contributed by atoms with E-state index in [0.29, 0.717) is 17.4 Å². The first-order valence-electron chi connectivity index (χ1n) is 12.0. The Kier molecular flexibility index (Phi) is 6.64. The number of aryl methyl sites for hydroxylation is 1. The maximum absolute atomic E-state index is 12.9. The lowest BCUT2D eigenvalue weighted by molar-refractivity contribution is 0.0827. The fourth-order valence-electron chi connectivity index (χ4n) is 4.36. The first kappa shape index (κ1) is 23.8. The monoisotopic (exact) mass is 460 g/mol. The number of rotatable bonds is 5. The van der Waals surface area contributed by atoms with Gasteiger partial charge in [0.15, 0.2) is 0 Å². The number of imidazole rings is 1. The van der Waals surface area contributed by atoms with Crippen molar-refractivity contribution in [1.82, 2.24) is 19.4 Å². The van der Waals surface area contributed by atoms with E-state index in [2.05, 4.69) is 65.7 Å². The van der Waals surface area contributed by atoms with Gasteiger partial charge < -0.3 is 19.7 Å². The van der Waals surface area contributed by atoms with E-state index >= 15 is 0 Å². The van der Waals surface area contributed by atoms with Gasteiger partial charge in [-0.15, -0.1) is 0 Å². The molecule has 34 heavy (non-hydrogen) atoms. The van der Waals surface area contributed by atoms with E-state index in [9.17, 15) is 4.79 Å². The summed E-state index contributed by atoms with van der Waals surface area (Å²) in [4.78, 5) is 25.9. The van der Waals surface area contributed by atoms with Crippen LogP contribution in [0.2, 0.25) is 0 Å². The normalized spacial score (nSPS) is 14.8. The number of piperidine rings is 1. The Labute approximate surface area is 202 Å². The number of benzene rings is 1. The largest absolute Gasteiger partial charge is 0.356 e. The number of nitrogens with zero attached hydrogens (tertiary/aromatic N) is 5. The van der Waals surface area contributed by atoms with Gasteiger partial charge in [0.1, 0.15) is 11.6 Å². The van der Waals surface area contributed by atoms with E-state index in [4.69, 9.17) is 4.98 Å². The third-order valence-electron chi connectivity index (χ3n) is 6.57. The summed E-state index contributed by atoms with van der Waals surface area (Å²) in [6.45, 7) is 10.5. The molecular weight excluding hydrogens is 424 g/mol. The van der Waals surface area contributed by atoms with Crippen molar-refractivity contribution in [2.75, 3.05) is 37.4 Å². The van der Waals surface area contributed by atoms with Crippen molar-refractivity contribution in [3.63, 3.8) is 0 Å². The third-order valence-corrected chi connectivity index (χ3v) is 6.57. The molecule has 2 aromatic heterocycles. The zero-order chi connectivity index (χ0) is 24.5. The Morgan fingerprint density at radius 2 is 1.85 bits per heavy atom. The molecular formula is C27H36N6O. The first-order chi connectivity index (χ1) is 16.1. The highest BCUT2D eigenvalue weighted by atomic mass is 16.2. The van der Waals surface area contributed by atoms with Gasteiger partial charge in [0.2, 0.25) is 0 Å². The number of pyridine rings is 1. The fraction of sp³-hybridized carbons (Fsp3) is 0.444. The molecule has 7 nitrogen and oxygen atoms in total. The summed E-state index contributed by atoms with van der Waals surface area (Å²) in [7, 11) is 3.56. The van der Waals surface area contributed by atoms with Gasteiger partial charge in [0.25, 0.3) is 5.91 Å². The van der Waals surface area contributed by atoms with Crippen LogP contribution < -0.4 is 10.2 Å². The van der Waals surface area contributed by atoms with Gasteiger partial charge >= 0.3 is 0 Å². The minimum Gasteiger partial charge on any atom is -0.356 e. The second-order valence-corrected chi connectivity index (χ2v) is 10.4. The Hall–Kier alpha value is -3.35. The predicted octanol–water partition coefficient (Wildman–Crippen LogP) is 5.17. The van der Waals surface area contributed by atoms with Crippen LogP contribution >= 0.6 is 0 Å². The second kappa shape index (κ2) is 9.49. The lowest BCUT2D eigenvalue weighted by atomic mass is 9.86. The highest BCUT2D eigenvalue weighted by Crippen LogP contribution is 2.31. The molecule has 0 aliphatic carbocycles. The van der Waals surface area contributed by atoms with Crippen LogP contribution in [0, 0.1) is 6.92 Å². The molecule has 7 heteroatoms. The number of carbonyl (C=O) groups is 1. The molecule has 1 aromatic carbocycles. The zero-order valence-electron chi connectivity index (χ0n) is 21.2. The minimum absolute atomic E-state index is 0.0276. The van der Waals surface area contributed by atoms with Crippen LogP contribution in [0.4, 0.5) is 17.3 Å². The molecule has 1 N–H and O–H groups in total. The summed E-state index contributed by atoms with van der Waals surface area (Å²) in [6.07, 6.45) is 7.79. The molecule has 1 amide bonds. The molecule has 0 saturated carbocycles. The molecule has 180 valence electrons. The van der Waals surface area contributed by atoms with Crippen LogP contribution in [-0.2, 0) is 5.41 Å². The molecule has 0 spiro atoms. The molecule has 0 atom stereocenters. The maximum Gasteiger partial charge on any atom is 0.253 e. The summed E-state index contributed by atoms with van der Waals surface area (Å²) in [6, 6.07) is 10.7. The Morgan fingerprint density at radius 3 is 2.47 bits per heavy atom. The summed E-state index contributed by atoms with van der Waals surface area (Å²) >= 11 is 0. The van der Waals surface area contributed by atoms with Gasteiger partial charge in [-0.1, -0.05) is 32.9 Å². The summed E-state index contributed by atoms with van der Waals surface area (Å²) < 4.78 is 2.19. The molecule has 0 radical (unpaired) electrons. The average molecular weight is 461 g/mol. The van der Waals surface area contributed by atoms with Crippen molar-refractivity contribution >= 4 is 23.2 Å². The Balaban J connectivity index is 1.63. The van der Waals surface area contributed by atoms with Crippen molar-refractivity contribution in [3.8, 4) is 0 Å². The Morgan fingerprint density at radius 1 is 1.12 bits per heavy atom. The van der Waals surface area contributed by atoms with E-state index in [1.54, 1.807) is 19.0 Å². The Bertz CT molecular complexity index is 1140. The number of hydrogen-bond donors (Lipinski definition) is 1. The molecule has 3 aromatic rings. The molecule has 1 fully saturated rings. The van der Waals surface area contributed by atoms with Gasteiger partial charge in [-0.05, 0) is 54.5 Å². The molecule has 3 heterocycles. The number of aromatic nitrogens is 3. The van der Waals surface area contributed by atoms with E-state index in [0.717, 1.165) is 43.0 Å². The van der Waals surface area contributed by atoms with E-state index in [1.807, 2.05) is 30.9 Å². The van der Waals surface area contributed by atoms with Crippen LogP contribution in [0.1, 0.15) is 61.1 Å². The van der Waals surface area contributed by atoms with E-state index < -0.39 is 0 Å². The van der Waals surface area contributed by atoms with E-state index in [-0.39, 0.29) is 11.3 Å². The van der Waals surface area contributed by atoms with Gasteiger partial charge in [0, 0.05) is 56.9 Å². The third kappa shape index (κ3) is 5.24. The summed E-state index contributed by atoms with van der Waals surface area (Å²) in [5, 5.41) is 3.51. The molecule has 1 aliphatic rings. The number of anilines is 3. The number of hydrogen-bond acceptors (Lipinski definition) is 5. The number of carbonyl (C=O) groups excluding carboxylic acids is 1.